The van der Waals surface area contributed by atoms with Gasteiger partial charge < -0.3 is 20.5 Å². The van der Waals surface area contributed by atoms with Gasteiger partial charge in [-0.3, -0.25) is 9.89 Å². The van der Waals surface area contributed by atoms with Crippen LogP contribution in [-0.4, -0.2) is 74.0 Å². The lowest BCUT2D eigenvalue weighted by atomic mass is 10.2. The Morgan fingerprint density at radius 2 is 2.09 bits per heavy atom. The average Bonchev–Trinajstić information content (AvgIpc) is 2.97. The van der Waals surface area contributed by atoms with Crippen LogP contribution in [0.1, 0.15) is 40.5 Å². The predicted molar refractivity (Wildman–Crippen MR) is 95.9 cm³/mol. The molecule has 1 aliphatic rings. The van der Waals surface area contributed by atoms with Gasteiger partial charge in [-0.25, -0.2) is 0 Å². The second kappa shape index (κ2) is 11.6. The van der Waals surface area contributed by atoms with Crippen molar-refractivity contribution in [1.29, 1.82) is 0 Å². The smallest absolute Gasteiger partial charge is 0.191 e. The van der Waals surface area contributed by atoms with Crippen LogP contribution in [0.25, 0.3) is 0 Å². The van der Waals surface area contributed by atoms with Crippen LogP contribution in [0.3, 0.4) is 0 Å². The Balaban J connectivity index is 2.34. The Morgan fingerprint density at radius 1 is 1.30 bits per heavy atom. The summed E-state index contributed by atoms with van der Waals surface area (Å²) in [5.74, 6) is 1.26. The summed E-state index contributed by atoms with van der Waals surface area (Å²) in [7, 11) is 0. The Morgan fingerprint density at radius 3 is 2.74 bits per heavy atom. The van der Waals surface area contributed by atoms with Crippen molar-refractivity contribution < 1.29 is 9.84 Å². The van der Waals surface area contributed by atoms with E-state index in [2.05, 4.69) is 41.3 Å². The minimum Gasteiger partial charge on any atom is -0.389 e. The lowest BCUT2D eigenvalue weighted by Gasteiger charge is -2.24. The van der Waals surface area contributed by atoms with Crippen LogP contribution < -0.4 is 10.6 Å². The lowest BCUT2D eigenvalue weighted by Crippen LogP contribution is -2.45. The van der Waals surface area contributed by atoms with E-state index in [1.807, 2.05) is 6.92 Å². The van der Waals surface area contributed by atoms with Crippen molar-refractivity contribution in [2.45, 2.75) is 52.7 Å². The van der Waals surface area contributed by atoms with Gasteiger partial charge in [-0.1, -0.05) is 20.8 Å². The fourth-order valence-electron chi connectivity index (χ4n) is 2.79. The molecule has 1 fully saturated rings. The highest BCUT2D eigenvalue weighted by Crippen LogP contribution is 2.15. The van der Waals surface area contributed by atoms with E-state index in [0.29, 0.717) is 31.7 Å². The van der Waals surface area contributed by atoms with Crippen molar-refractivity contribution in [3.63, 3.8) is 0 Å². The first-order valence-corrected chi connectivity index (χ1v) is 9.08. The average molecular weight is 329 g/mol. The van der Waals surface area contributed by atoms with Crippen molar-refractivity contribution in [3.8, 4) is 0 Å². The topological polar surface area (TPSA) is 69.1 Å². The van der Waals surface area contributed by atoms with Crippen molar-refractivity contribution in [1.82, 2.24) is 15.5 Å². The molecule has 0 amide bonds. The number of aliphatic hydroxyl groups is 1. The molecule has 1 aliphatic heterocycles. The third-order valence-corrected chi connectivity index (χ3v) is 3.98. The van der Waals surface area contributed by atoms with Gasteiger partial charge in [0, 0.05) is 25.7 Å². The highest BCUT2D eigenvalue weighted by Gasteiger charge is 2.22. The van der Waals surface area contributed by atoms with Gasteiger partial charge in [0.15, 0.2) is 5.96 Å². The summed E-state index contributed by atoms with van der Waals surface area (Å²) in [5, 5.41) is 16.6. The molecule has 0 radical (unpaired) electrons. The predicted octanol–water partition coefficient (Wildman–Crippen LogP) is 1.06. The highest BCUT2D eigenvalue weighted by atomic mass is 16.5. The normalized spacial score (nSPS) is 21.0. The third-order valence-electron chi connectivity index (χ3n) is 3.98. The number of ether oxygens (including phenoxy) is 1. The molecule has 3 N–H and O–H groups in total. The first-order valence-electron chi connectivity index (χ1n) is 9.08. The van der Waals surface area contributed by atoms with Crippen LogP contribution in [0.5, 0.6) is 0 Å². The van der Waals surface area contributed by atoms with E-state index >= 15 is 0 Å². The van der Waals surface area contributed by atoms with Gasteiger partial charge in [0.25, 0.3) is 0 Å². The zero-order valence-electron chi connectivity index (χ0n) is 15.3. The number of likely N-dealkylation sites (N-methyl/N-ethyl adjacent to an activating group) is 1. The van der Waals surface area contributed by atoms with Crippen LogP contribution in [0.4, 0.5) is 0 Å². The summed E-state index contributed by atoms with van der Waals surface area (Å²) in [6.45, 7) is 13.8. The monoisotopic (exact) mass is 328 g/mol. The number of aliphatic hydroxyl groups excluding tert-OH is 1. The van der Waals surface area contributed by atoms with Crippen LogP contribution in [0, 0.1) is 5.92 Å². The Kier molecular flexibility index (Phi) is 10.2. The molecule has 2 unspecified atom stereocenters. The van der Waals surface area contributed by atoms with Gasteiger partial charge in [-0.05, 0) is 38.8 Å². The Bertz CT molecular complexity index is 337. The molecule has 136 valence electrons. The molecule has 1 rings (SSSR count). The van der Waals surface area contributed by atoms with E-state index in [1.165, 1.54) is 19.4 Å². The number of hydrogen-bond donors (Lipinski definition) is 3. The first-order chi connectivity index (χ1) is 11.1. The number of nitrogens with one attached hydrogen (secondary N) is 2. The van der Waals surface area contributed by atoms with Crippen molar-refractivity contribution in [2.24, 2.45) is 10.9 Å². The molecular weight excluding hydrogens is 292 g/mol. The summed E-state index contributed by atoms with van der Waals surface area (Å²) in [4.78, 5) is 6.97. The maximum Gasteiger partial charge on any atom is 0.191 e. The number of nitrogens with zero attached hydrogens (tertiary/aromatic N) is 2. The summed E-state index contributed by atoms with van der Waals surface area (Å²) < 4.78 is 5.45. The van der Waals surface area contributed by atoms with Crippen LogP contribution in [0.15, 0.2) is 4.99 Å². The molecule has 0 aromatic carbocycles. The largest absolute Gasteiger partial charge is 0.389 e. The Labute approximate surface area is 141 Å². The number of hydrogen-bond acceptors (Lipinski definition) is 4. The van der Waals surface area contributed by atoms with Crippen LogP contribution >= 0.6 is 0 Å². The molecule has 1 saturated heterocycles. The van der Waals surface area contributed by atoms with E-state index in [4.69, 9.17) is 4.74 Å². The summed E-state index contributed by atoms with van der Waals surface area (Å²) in [6, 6.07) is 0.586. The van der Waals surface area contributed by atoms with Crippen molar-refractivity contribution in [2.75, 3.05) is 45.9 Å². The number of aliphatic imine (C=N–C) groups is 1. The van der Waals surface area contributed by atoms with Gasteiger partial charge >= 0.3 is 0 Å². The third kappa shape index (κ3) is 8.53. The maximum absolute atomic E-state index is 9.94. The summed E-state index contributed by atoms with van der Waals surface area (Å²) >= 11 is 0. The fourth-order valence-corrected chi connectivity index (χ4v) is 2.79. The molecule has 6 nitrogen and oxygen atoms in total. The molecule has 23 heavy (non-hydrogen) atoms. The van der Waals surface area contributed by atoms with E-state index in [1.54, 1.807) is 0 Å². The molecule has 0 bridgehead atoms. The molecule has 0 saturated carbocycles. The molecular formula is C17H36N4O2. The molecule has 0 aromatic rings. The summed E-state index contributed by atoms with van der Waals surface area (Å²) in [5.41, 5.74) is 0. The van der Waals surface area contributed by atoms with Gasteiger partial charge in [0.2, 0.25) is 0 Å². The lowest BCUT2D eigenvalue weighted by molar-refractivity contribution is 0.0301. The Hall–Kier alpha value is -0.850. The van der Waals surface area contributed by atoms with Crippen molar-refractivity contribution in [3.05, 3.63) is 0 Å². The quantitative estimate of drug-likeness (QED) is 0.413. The fraction of sp³-hybridized carbons (Fsp3) is 0.941. The molecule has 0 aromatic heterocycles. The van der Waals surface area contributed by atoms with E-state index in [0.717, 1.165) is 25.6 Å². The second-order valence-electron chi connectivity index (χ2n) is 6.61. The molecule has 6 heteroatoms. The minimum atomic E-state index is -0.553. The van der Waals surface area contributed by atoms with E-state index in [9.17, 15) is 5.11 Å². The van der Waals surface area contributed by atoms with E-state index in [-0.39, 0.29) is 0 Å². The van der Waals surface area contributed by atoms with Gasteiger partial charge in [0.05, 0.1) is 19.3 Å². The second-order valence-corrected chi connectivity index (χ2v) is 6.61. The zero-order chi connectivity index (χ0) is 17.1. The molecule has 1 heterocycles. The van der Waals surface area contributed by atoms with Gasteiger partial charge in [0.1, 0.15) is 0 Å². The molecule has 0 aliphatic carbocycles. The molecule has 0 spiro atoms. The number of rotatable bonds is 10. The SMILES string of the molecule is CCNC(=NCC(O)COCC(C)C)NCC1CCCN1CC. The standard InChI is InChI=1S/C17H36N4O2/c1-5-18-17(19-10-15-8-7-9-21(15)6-2)20-11-16(22)13-23-12-14(3)4/h14-16,22H,5-13H2,1-4H3,(H2,18,19,20). The molecule has 2 atom stereocenters. The highest BCUT2D eigenvalue weighted by molar-refractivity contribution is 5.79. The van der Waals surface area contributed by atoms with Crippen LogP contribution in [-0.2, 0) is 4.74 Å². The maximum atomic E-state index is 9.94. The van der Waals surface area contributed by atoms with Gasteiger partial charge in [-0.15, -0.1) is 0 Å². The van der Waals surface area contributed by atoms with Crippen LogP contribution in [0.2, 0.25) is 0 Å². The van der Waals surface area contributed by atoms with Crippen molar-refractivity contribution >= 4 is 5.96 Å². The number of likely N-dealkylation sites (tertiary alicyclic amines) is 1. The first kappa shape index (κ1) is 20.2. The minimum absolute atomic E-state index is 0.341. The van der Waals surface area contributed by atoms with E-state index < -0.39 is 6.10 Å². The summed E-state index contributed by atoms with van der Waals surface area (Å²) in [6.07, 6.45) is 1.97. The van der Waals surface area contributed by atoms with Gasteiger partial charge in [-0.2, -0.15) is 0 Å². The number of guanidine groups is 1. The zero-order valence-corrected chi connectivity index (χ0v) is 15.3.